The summed E-state index contributed by atoms with van der Waals surface area (Å²) in [7, 11) is 0. The molecule has 172 valence electrons. The maximum absolute atomic E-state index is 13.3. The summed E-state index contributed by atoms with van der Waals surface area (Å²) in [6.07, 6.45) is 4.18. The Morgan fingerprint density at radius 3 is 2.30 bits per heavy atom. The number of carbonyl (C=O) groups is 3. The number of aliphatic carboxylic acids is 1. The number of benzene rings is 2. The summed E-state index contributed by atoms with van der Waals surface area (Å²) in [4.78, 5) is 41.7. The molecule has 2 atom stereocenters. The predicted molar refractivity (Wildman–Crippen MR) is 125 cm³/mol. The van der Waals surface area contributed by atoms with Crippen molar-refractivity contribution in [2.75, 3.05) is 36.4 Å². The minimum absolute atomic E-state index is 0.144. The number of para-hydroxylation sites is 1. The summed E-state index contributed by atoms with van der Waals surface area (Å²) in [5.41, 5.74) is 3.16. The van der Waals surface area contributed by atoms with Gasteiger partial charge in [0, 0.05) is 43.8 Å². The third kappa shape index (κ3) is 5.08. The number of aryl methyl sites for hydroxylation is 1. The van der Waals surface area contributed by atoms with Gasteiger partial charge in [0.25, 0.3) is 5.91 Å². The summed E-state index contributed by atoms with van der Waals surface area (Å²) in [5, 5.41) is 14.3. The lowest BCUT2D eigenvalue weighted by atomic mass is 9.82. The minimum Gasteiger partial charge on any atom is -0.550 e. The Morgan fingerprint density at radius 2 is 1.61 bits per heavy atom. The summed E-state index contributed by atoms with van der Waals surface area (Å²) in [5.74, 6) is -3.36. The van der Waals surface area contributed by atoms with Gasteiger partial charge in [-0.1, -0.05) is 36.4 Å². The number of carboxylic acid groups (broad SMARTS) is 1. The van der Waals surface area contributed by atoms with Crippen LogP contribution in [-0.4, -0.2) is 48.9 Å². The topological polar surface area (TPSA) is 92.8 Å². The first kappa shape index (κ1) is 22.6. The van der Waals surface area contributed by atoms with Gasteiger partial charge in [-0.05, 0) is 49.6 Å². The number of anilines is 2. The summed E-state index contributed by atoms with van der Waals surface area (Å²) < 4.78 is 0. The third-order valence-electron chi connectivity index (χ3n) is 6.42. The highest BCUT2D eigenvalue weighted by molar-refractivity contribution is 6.04. The maximum atomic E-state index is 13.3. The zero-order valence-corrected chi connectivity index (χ0v) is 18.7. The van der Waals surface area contributed by atoms with E-state index < -0.39 is 23.7 Å². The van der Waals surface area contributed by atoms with E-state index in [0.717, 1.165) is 18.8 Å². The smallest absolute Gasteiger partial charge is 0.256 e. The van der Waals surface area contributed by atoms with Gasteiger partial charge in [0.05, 0.1) is 17.2 Å². The number of carbonyl (C=O) groups excluding carboxylic acids is 3. The van der Waals surface area contributed by atoms with Gasteiger partial charge >= 0.3 is 0 Å². The van der Waals surface area contributed by atoms with Gasteiger partial charge in [0.15, 0.2) is 0 Å². The lowest BCUT2D eigenvalue weighted by molar-refractivity contribution is -0.313. The molecule has 1 N–H and O–H groups in total. The maximum Gasteiger partial charge on any atom is 0.256 e. The second-order valence-corrected chi connectivity index (χ2v) is 8.63. The Kier molecular flexibility index (Phi) is 6.77. The van der Waals surface area contributed by atoms with Gasteiger partial charge in [-0.15, -0.1) is 0 Å². The molecule has 1 heterocycles. The van der Waals surface area contributed by atoms with Crippen LogP contribution in [0.1, 0.15) is 28.8 Å². The van der Waals surface area contributed by atoms with Crippen LogP contribution in [0.15, 0.2) is 60.7 Å². The number of nitrogens with zero attached hydrogens (tertiary/aromatic N) is 2. The van der Waals surface area contributed by atoms with Crippen LogP contribution in [0.2, 0.25) is 0 Å². The molecule has 0 saturated carbocycles. The second kappa shape index (κ2) is 9.90. The molecule has 0 unspecified atom stereocenters. The van der Waals surface area contributed by atoms with Crippen molar-refractivity contribution in [1.82, 2.24) is 4.90 Å². The van der Waals surface area contributed by atoms with Gasteiger partial charge in [0.2, 0.25) is 5.91 Å². The van der Waals surface area contributed by atoms with E-state index in [0.29, 0.717) is 30.8 Å². The molecule has 1 aliphatic carbocycles. The first-order valence-corrected chi connectivity index (χ1v) is 11.3. The zero-order valence-electron chi connectivity index (χ0n) is 18.7. The van der Waals surface area contributed by atoms with Crippen LogP contribution in [0.25, 0.3) is 0 Å². The van der Waals surface area contributed by atoms with E-state index in [1.165, 1.54) is 5.56 Å². The zero-order chi connectivity index (χ0) is 23.4. The van der Waals surface area contributed by atoms with Crippen molar-refractivity contribution in [3.8, 4) is 0 Å². The number of hydrogen-bond acceptors (Lipinski definition) is 5. The molecule has 2 aromatic carbocycles. The lowest BCUT2D eigenvalue weighted by Gasteiger charge is -2.36. The Morgan fingerprint density at radius 1 is 0.909 bits per heavy atom. The molecule has 1 fully saturated rings. The van der Waals surface area contributed by atoms with E-state index in [9.17, 15) is 19.5 Å². The Bertz CT molecular complexity index is 1070. The molecule has 2 aromatic rings. The third-order valence-corrected chi connectivity index (χ3v) is 6.42. The monoisotopic (exact) mass is 446 g/mol. The predicted octanol–water partition coefficient (Wildman–Crippen LogP) is 2.23. The Balaban J connectivity index is 1.44. The van der Waals surface area contributed by atoms with Gasteiger partial charge < -0.3 is 25.0 Å². The highest BCUT2D eigenvalue weighted by atomic mass is 16.4. The van der Waals surface area contributed by atoms with E-state index in [-0.39, 0.29) is 12.3 Å². The van der Waals surface area contributed by atoms with Crippen molar-refractivity contribution in [3.05, 3.63) is 71.8 Å². The first-order chi connectivity index (χ1) is 15.9. The van der Waals surface area contributed by atoms with Crippen molar-refractivity contribution >= 4 is 29.2 Å². The van der Waals surface area contributed by atoms with Gasteiger partial charge in [-0.2, -0.15) is 0 Å². The summed E-state index contributed by atoms with van der Waals surface area (Å²) >= 11 is 0. The molecule has 2 amide bonds. The number of allylic oxidation sites excluding steroid dienone is 2. The van der Waals surface area contributed by atoms with E-state index in [1.54, 1.807) is 35.2 Å². The van der Waals surface area contributed by atoms with Crippen LogP contribution in [-0.2, 0) is 9.59 Å². The molecule has 0 radical (unpaired) electrons. The van der Waals surface area contributed by atoms with Crippen molar-refractivity contribution in [2.45, 2.75) is 19.8 Å². The largest absolute Gasteiger partial charge is 0.550 e. The van der Waals surface area contributed by atoms with E-state index in [1.807, 2.05) is 12.1 Å². The fourth-order valence-electron chi connectivity index (χ4n) is 4.53. The number of carboxylic acids is 1. The molecule has 2 aliphatic rings. The molecule has 0 aromatic heterocycles. The van der Waals surface area contributed by atoms with E-state index in [2.05, 4.69) is 35.3 Å². The van der Waals surface area contributed by atoms with Gasteiger partial charge in [-0.25, -0.2) is 0 Å². The summed E-state index contributed by atoms with van der Waals surface area (Å²) in [6, 6.07) is 15.2. The van der Waals surface area contributed by atoms with Crippen LogP contribution in [0.4, 0.5) is 11.4 Å². The molecule has 0 bridgehead atoms. The fourth-order valence-corrected chi connectivity index (χ4v) is 4.53. The molecular weight excluding hydrogens is 418 g/mol. The average molecular weight is 447 g/mol. The van der Waals surface area contributed by atoms with Crippen LogP contribution in [0, 0.1) is 18.8 Å². The van der Waals surface area contributed by atoms with Gasteiger partial charge in [0.1, 0.15) is 0 Å². The van der Waals surface area contributed by atoms with Crippen molar-refractivity contribution in [1.29, 1.82) is 0 Å². The lowest BCUT2D eigenvalue weighted by Crippen LogP contribution is -2.49. The summed E-state index contributed by atoms with van der Waals surface area (Å²) in [6.45, 7) is 4.68. The Hall–Kier alpha value is -3.61. The standard InChI is InChI=1S/C26H29N3O4/c1-18-7-6-8-19(17-18)28-13-15-29(16-14-28)25(31)22-11-4-5-12-23(22)27-24(30)20-9-2-3-10-21(20)26(32)33/h2-8,11-12,17,20-21H,9-10,13-16H2,1H3,(H,27,30)(H,32,33)/p-1/t20-,21-/m1/s1. The molecule has 33 heavy (non-hydrogen) atoms. The second-order valence-electron chi connectivity index (χ2n) is 8.63. The minimum atomic E-state index is -1.23. The molecule has 7 heteroatoms. The van der Waals surface area contributed by atoms with E-state index in [4.69, 9.17) is 0 Å². The van der Waals surface area contributed by atoms with Crippen molar-refractivity contribution < 1.29 is 19.5 Å². The molecule has 0 spiro atoms. The highest BCUT2D eigenvalue weighted by Gasteiger charge is 2.31. The SMILES string of the molecule is Cc1cccc(N2CCN(C(=O)c3ccccc3NC(=O)[C@@H]3CC=CC[C@H]3C(=O)[O-])CC2)c1. The molecule has 7 nitrogen and oxygen atoms in total. The van der Waals surface area contributed by atoms with Crippen LogP contribution < -0.4 is 15.3 Å². The molecule has 1 saturated heterocycles. The number of hydrogen-bond donors (Lipinski definition) is 1. The molecule has 1 aliphatic heterocycles. The van der Waals surface area contributed by atoms with Crippen LogP contribution >= 0.6 is 0 Å². The van der Waals surface area contributed by atoms with Crippen molar-refractivity contribution in [3.63, 3.8) is 0 Å². The van der Waals surface area contributed by atoms with Crippen molar-refractivity contribution in [2.24, 2.45) is 11.8 Å². The van der Waals surface area contributed by atoms with E-state index >= 15 is 0 Å². The highest BCUT2D eigenvalue weighted by Crippen LogP contribution is 2.28. The van der Waals surface area contributed by atoms with Crippen LogP contribution in [0.5, 0.6) is 0 Å². The number of rotatable bonds is 5. The average Bonchev–Trinajstić information content (AvgIpc) is 2.84. The molecular formula is C26H28N3O4-. The van der Waals surface area contributed by atoms with Crippen LogP contribution in [0.3, 0.4) is 0 Å². The quantitative estimate of drug-likeness (QED) is 0.711. The number of piperazine rings is 1. The first-order valence-electron chi connectivity index (χ1n) is 11.3. The Labute approximate surface area is 193 Å². The van der Waals surface area contributed by atoms with Gasteiger partial charge in [-0.3, -0.25) is 9.59 Å². The molecule has 4 rings (SSSR count). The normalized spacial score (nSPS) is 20.4. The number of nitrogens with one attached hydrogen (secondary N) is 1. The number of amides is 2. The fraction of sp³-hybridized carbons (Fsp3) is 0.346.